The number of benzene rings is 1. The molecule has 8 nitrogen and oxygen atoms in total. The van der Waals surface area contributed by atoms with Gasteiger partial charge in [-0.05, 0) is 18.2 Å². The number of aromatic nitrogens is 1. The van der Waals surface area contributed by atoms with Crippen molar-refractivity contribution >= 4 is 27.3 Å². The summed E-state index contributed by atoms with van der Waals surface area (Å²) in [6.45, 7) is 0. The number of nitrogens with zero attached hydrogens (tertiary/aromatic N) is 1. The number of hydrogen-bond donors (Lipinski definition) is 1. The molecule has 0 amide bonds. The average Bonchev–Trinajstić information content (AvgIpc) is 3.26. The predicted octanol–water partition coefficient (Wildman–Crippen LogP) is 3.41. The highest BCUT2D eigenvalue weighted by Crippen LogP contribution is 2.37. The average molecular weight is 385 g/mol. The van der Waals surface area contributed by atoms with E-state index in [1.807, 2.05) is 0 Å². The zero-order chi connectivity index (χ0) is 18.0. The van der Waals surface area contributed by atoms with Gasteiger partial charge in [-0.1, -0.05) is 16.8 Å². The Morgan fingerprint density at radius 3 is 2.48 bits per heavy atom. The Hall–Kier alpha value is -2.65. The number of ether oxygens (including phenoxy) is 2. The first-order valence-corrected chi connectivity index (χ1v) is 8.76. The summed E-state index contributed by atoms with van der Waals surface area (Å²) < 4.78 is 48.0. The van der Waals surface area contributed by atoms with Crippen LogP contribution in [0.2, 0.25) is 5.02 Å². The lowest BCUT2D eigenvalue weighted by molar-refractivity contribution is 0.395. The highest BCUT2D eigenvalue weighted by atomic mass is 35.5. The molecule has 0 aliphatic carbocycles. The summed E-state index contributed by atoms with van der Waals surface area (Å²) >= 11 is 6.05. The predicted molar refractivity (Wildman–Crippen MR) is 89.6 cm³/mol. The Balaban J connectivity index is 1.93. The van der Waals surface area contributed by atoms with Crippen molar-refractivity contribution in [3.8, 4) is 23.0 Å². The summed E-state index contributed by atoms with van der Waals surface area (Å²) in [6, 6.07) is 7.18. The fraction of sp³-hybridized carbons (Fsp3) is 0.133. The topological polar surface area (TPSA) is 104 Å². The third-order valence-electron chi connectivity index (χ3n) is 3.25. The van der Waals surface area contributed by atoms with Crippen molar-refractivity contribution in [1.82, 2.24) is 5.16 Å². The molecule has 25 heavy (non-hydrogen) atoms. The molecule has 1 aromatic carbocycles. The molecule has 0 fully saturated rings. The maximum atomic E-state index is 12.5. The van der Waals surface area contributed by atoms with Crippen molar-refractivity contribution in [3.63, 3.8) is 0 Å². The minimum Gasteiger partial charge on any atom is -0.495 e. The summed E-state index contributed by atoms with van der Waals surface area (Å²) in [4.78, 5) is 0. The van der Waals surface area contributed by atoms with Gasteiger partial charge in [-0.25, -0.2) is 0 Å². The van der Waals surface area contributed by atoms with Gasteiger partial charge in [-0.2, -0.15) is 8.42 Å². The molecule has 3 rings (SSSR count). The van der Waals surface area contributed by atoms with Gasteiger partial charge in [0.05, 0.1) is 31.1 Å². The minimum absolute atomic E-state index is 0.144. The molecule has 0 saturated carbocycles. The molecule has 0 unspecified atom stereocenters. The fourth-order valence-electron chi connectivity index (χ4n) is 2.07. The van der Waals surface area contributed by atoms with Crippen LogP contribution in [0.1, 0.15) is 0 Å². The lowest BCUT2D eigenvalue weighted by Gasteiger charge is -2.13. The SMILES string of the molecule is COc1cc(OC)c(NS(=O)(=O)c2ccc(-c3ccno3)o2)cc1Cl. The zero-order valence-electron chi connectivity index (χ0n) is 13.1. The van der Waals surface area contributed by atoms with Crippen molar-refractivity contribution in [2.24, 2.45) is 0 Å². The van der Waals surface area contributed by atoms with E-state index >= 15 is 0 Å². The summed E-state index contributed by atoms with van der Waals surface area (Å²) in [6.07, 6.45) is 1.43. The van der Waals surface area contributed by atoms with E-state index in [-0.39, 0.29) is 27.3 Å². The third kappa shape index (κ3) is 3.42. The number of furan rings is 1. The van der Waals surface area contributed by atoms with Crippen LogP contribution in [0.4, 0.5) is 5.69 Å². The van der Waals surface area contributed by atoms with Crippen LogP contribution < -0.4 is 14.2 Å². The van der Waals surface area contributed by atoms with E-state index in [1.165, 1.54) is 44.7 Å². The first-order chi connectivity index (χ1) is 11.9. The largest absolute Gasteiger partial charge is 0.495 e. The van der Waals surface area contributed by atoms with Crippen LogP contribution in [0.3, 0.4) is 0 Å². The number of methoxy groups -OCH3 is 2. The molecule has 0 saturated heterocycles. The molecule has 0 atom stereocenters. The smallest absolute Gasteiger partial charge is 0.295 e. The van der Waals surface area contributed by atoms with Crippen molar-refractivity contribution in [2.75, 3.05) is 18.9 Å². The first-order valence-electron chi connectivity index (χ1n) is 6.90. The number of anilines is 1. The van der Waals surface area contributed by atoms with Crippen LogP contribution in [0.5, 0.6) is 11.5 Å². The van der Waals surface area contributed by atoms with Crippen LogP contribution in [-0.4, -0.2) is 27.8 Å². The lowest BCUT2D eigenvalue weighted by Crippen LogP contribution is -2.13. The molecule has 2 aromatic heterocycles. The van der Waals surface area contributed by atoms with E-state index in [2.05, 4.69) is 9.88 Å². The Morgan fingerprint density at radius 1 is 1.08 bits per heavy atom. The van der Waals surface area contributed by atoms with Crippen LogP contribution >= 0.6 is 11.6 Å². The van der Waals surface area contributed by atoms with Crippen molar-refractivity contribution < 1.29 is 26.8 Å². The lowest BCUT2D eigenvalue weighted by atomic mass is 10.3. The van der Waals surface area contributed by atoms with Crippen LogP contribution in [0.25, 0.3) is 11.5 Å². The molecular formula is C15H13ClN2O6S. The second-order valence-corrected chi connectivity index (χ2v) is 6.81. The summed E-state index contributed by atoms with van der Waals surface area (Å²) in [7, 11) is -1.17. The van der Waals surface area contributed by atoms with Gasteiger partial charge in [0, 0.05) is 12.1 Å². The summed E-state index contributed by atoms with van der Waals surface area (Å²) in [5.74, 6) is 1.14. The van der Waals surface area contributed by atoms with E-state index in [4.69, 9.17) is 30.0 Å². The highest BCUT2D eigenvalue weighted by Gasteiger charge is 2.23. The molecule has 0 aliphatic rings. The van der Waals surface area contributed by atoms with Crippen LogP contribution in [0, 0.1) is 0 Å². The van der Waals surface area contributed by atoms with E-state index in [0.717, 1.165) is 0 Å². The van der Waals surface area contributed by atoms with Crippen molar-refractivity contribution in [2.45, 2.75) is 5.09 Å². The molecule has 0 radical (unpaired) electrons. The van der Waals surface area contributed by atoms with Gasteiger partial charge in [0.15, 0.2) is 5.76 Å². The molecule has 3 aromatic rings. The Morgan fingerprint density at radius 2 is 1.84 bits per heavy atom. The van der Waals surface area contributed by atoms with E-state index < -0.39 is 10.0 Å². The number of hydrogen-bond acceptors (Lipinski definition) is 7. The molecule has 0 bridgehead atoms. The van der Waals surface area contributed by atoms with Gasteiger partial charge >= 0.3 is 0 Å². The Bertz CT molecular complexity index is 982. The van der Waals surface area contributed by atoms with E-state index in [0.29, 0.717) is 11.5 Å². The number of rotatable bonds is 6. The van der Waals surface area contributed by atoms with Crippen LogP contribution in [0.15, 0.2) is 50.6 Å². The van der Waals surface area contributed by atoms with Gasteiger partial charge < -0.3 is 18.4 Å². The maximum absolute atomic E-state index is 12.5. The quantitative estimate of drug-likeness (QED) is 0.694. The van der Waals surface area contributed by atoms with Gasteiger partial charge in [0.1, 0.15) is 11.5 Å². The number of sulfonamides is 1. The normalized spacial score (nSPS) is 11.3. The van der Waals surface area contributed by atoms with Crippen molar-refractivity contribution in [3.05, 3.63) is 41.6 Å². The third-order valence-corrected chi connectivity index (χ3v) is 4.78. The molecule has 0 aliphatic heterocycles. The minimum atomic E-state index is -4.01. The molecule has 1 N–H and O–H groups in total. The Labute approximate surface area is 148 Å². The van der Waals surface area contributed by atoms with Gasteiger partial charge in [0.2, 0.25) is 10.9 Å². The van der Waals surface area contributed by atoms with E-state index in [9.17, 15) is 8.42 Å². The second kappa shape index (κ2) is 6.69. The monoisotopic (exact) mass is 384 g/mol. The molecule has 0 spiro atoms. The second-order valence-electron chi connectivity index (χ2n) is 4.79. The molecule has 132 valence electrons. The number of nitrogens with one attached hydrogen (secondary N) is 1. The van der Waals surface area contributed by atoms with E-state index in [1.54, 1.807) is 6.07 Å². The summed E-state index contributed by atoms with van der Waals surface area (Å²) in [5.41, 5.74) is 0.144. The fourth-order valence-corrected chi connectivity index (χ4v) is 3.31. The molecule has 10 heteroatoms. The van der Waals surface area contributed by atoms with Gasteiger partial charge in [-0.3, -0.25) is 4.72 Å². The van der Waals surface area contributed by atoms with Crippen molar-refractivity contribution in [1.29, 1.82) is 0 Å². The standard InChI is InChI=1S/C15H13ClN2O6S/c1-21-13-8-14(22-2)10(7-9(13)16)18-25(19,20)15-4-3-11(23-15)12-5-6-17-24-12/h3-8,18H,1-2H3. The molecule has 2 heterocycles. The zero-order valence-corrected chi connectivity index (χ0v) is 14.7. The molecular weight excluding hydrogens is 372 g/mol. The summed E-state index contributed by atoms with van der Waals surface area (Å²) in [5, 5.41) is 3.47. The van der Waals surface area contributed by atoms with Gasteiger partial charge in [0.25, 0.3) is 10.0 Å². The first kappa shape index (κ1) is 17.2. The maximum Gasteiger partial charge on any atom is 0.295 e. The number of halogens is 1. The Kier molecular flexibility index (Phi) is 4.60. The van der Waals surface area contributed by atoms with Gasteiger partial charge in [-0.15, -0.1) is 0 Å². The van der Waals surface area contributed by atoms with Crippen LogP contribution in [-0.2, 0) is 10.0 Å². The highest BCUT2D eigenvalue weighted by molar-refractivity contribution is 7.92.